The minimum absolute atomic E-state index is 0.0896. The molecule has 146 valence electrons. The Hall–Kier alpha value is -2.79. The number of nitrogens with zero attached hydrogens (tertiary/aromatic N) is 2. The van der Waals surface area contributed by atoms with Gasteiger partial charge in [0, 0.05) is 37.2 Å². The molecule has 2 heterocycles. The van der Waals surface area contributed by atoms with Crippen LogP contribution in [-0.2, 0) is 0 Å². The number of furan rings is 1. The summed E-state index contributed by atoms with van der Waals surface area (Å²) >= 11 is 0. The van der Waals surface area contributed by atoms with Gasteiger partial charge < -0.3 is 19.0 Å². The summed E-state index contributed by atoms with van der Waals surface area (Å²) in [5.41, 5.74) is 2.48. The molecule has 0 saturated carbocycles. The van der Waals surface area contributed by atoms with Crippen molar-refractivity contribution in [1.82, 2.24) is 9.80 Å². The summed E-state index contributed by atoms with van der Waals surface area (Å²) in [5.74, 6) is 1.01. The van der Waals surface area contributed by atoms with Gasteiger partial charge in [0.2, 0.25) is 5.76 Å². The fourth-order valence-electron chi connectivity index (χ4n) is 3.82. The highest BCUT2D eigenvalue weighted by Crippen LogP contribution is 2.37. The monoisotopic (exact) mass is 378 g/mol. The minimum Gasteiger partial charge on any atom is -0.497 e. The zero-order valence-corrected chi connectivity index (χ0v) is 16.5. The fourth-order valence-corrected chi connectivity index (χ4v) is 3.82. The lowest BCUT2D eigenvalue weighted by Crippen LogP contribution is -2.35. The smallest absolute Gasteiger partial charge is 0.290 e. The molecule has 0 spiro atoms. The van der Waals surface area contributed by atoms with Gasteiger partial charge >= 0.3 is 0 Å². The number of fused-ring (bicyclic) bond motifs is 1. The summed E-state index contributed by atoms with van der Waals surface area (Å²) in [6, 6.07) is 15.6. The molecule has 5 nitrogen and oxygen atoms in total. The number of methoxy groups -OCH3 is 1. The Bertz CT molecular complexity index is 959. The number of rotatable bonds is 6. The quantitative estimate of drug-likeness (QED) is 0.642. The van der Waals surface area contributed by atoms with Crippen LogP contribution in [0.4, 0.5) is 0 Å². The second-order valence-corrected chi connectivity index (χ2v) is 7.31. The Kier molecular flexibility index (Phi) is 5.35. The van der Waals surface area contributed by atoms with Crippen molar-refractivity contribution in [1.29, 1.82) is 0 Å². The van der Waals surface area contributed by atoms with Crippen molar-refractivity contribution < 1.29 is 13.9 Å². The van der Waals surface area contributed by atoms with Crippen LogP contribution in [0, 0.1) is 0 Å². The highest BCUT2D eigenvalue weighted by Gasteiger charge is 2.25. The molecule has 4 rings (SSSR count). The molecule has 1 aliphatic heterocycles. The van der Waals surface area contributed by atoms with E-state index in [0.29, 0.717) is 23.6 Å². The van der Waals surface area contributed by atoms with E-state index >= 15 is 0 Å². The third-order valence-electron chi connectivity index (χ3n) is 5.45. The molecule has 5 heteroatoms. The number of likely N-dealkylation sites (N-methyl/N-ethyl adjacent to an activating group) is 1. The first-order valence-electron chi connectivity index (χ1n) is 9.81. The molecule has 2 aromatic carbocycles. The number of amides is 1. The molecular formula is C23H26N2O3. The highest BCUT2D eigenvalue weighted by atomic mass is 16.5. The van der Waals surface area contributed by atoms with Crippen LogP contribution in [0.1, 0.15) is 23.4 Å². The van der Waals surface area contributed by atoms with Gasteiger partial charge in [-0.05, 0) is 43.6 Å². The highest BCUT2D eigenvalue weighted by molar-refractivity contribution is 6.08. The minimum atomic E-state index is -0.0896. The van der Waals surface area contributed by atoms with Crippen LogP contribution < -0.4 is 4.74 Å². The van der Waals surface area contributed by atoms with Gasteiger partial charge in [-0.2, -0.15) is 0 Å². The van der Waals surface area contributed by atoms with Gasteiger partial charge in [0.05, 0.1) is 7.11 Å². The second kappa shape index (κ2) is 8.07. The van der Waals surface area contributed by atoms with Crippen molar-refractivity contribution in [2.24, 2.45) is 0 Å². The van der Waals surface area contributed by atoms with Crippen LogP contribution in [0.15, 0.2) is 52.9 Å². The summed E-state index contributed by atoms with van der Waals surface area (Å²) in [6.07, 6.45) is 2.50. The molecule has 0 unspecified atom stereocenters. The van der Waals surface area contributed by atoms with Crippen molar-refractivity contribution in [2.45, 2.75) is 12.8 Å². The van der Waals surface area contributed by atoms with Crippen molar-refractivity contribution in [3.63, 3.8) is 0 Å². The molecule has 3 aromatic rings. The van der Waals surface area contributed by atoms with Crippen LogP contribution in [0.2, 0.25) is 0 Å². The van der Waals surface area contributed by atoms with E-state index in [9.17, 15) is 4.79 Å². The lowest BCUT2D eigenvalue weighted by molar-refractivity contribution is 0.0754. The maximum Gasteiger partial charge on any atom is 0.290 e. The van der Waals surface area contributed by atoms with E-state index in [4.69, 9.17) is 9.15 Å². The van der Waals surface area contributed by atoms with Gasteiger partial charge in [0.25, 0.3) is 5.91 Å². The first-order valence-corrected chi connectivity index (χ1v) is 9.81. The second-order valence-electron chi connectivity index (χ2n) is 7.31. The zero-order valence-electron chi connectivity index (χ0n) is 16.5. The normalized spacial score (nSPS) is 14.5. The Labute approximate surface area is 165 Å². The van der Waals surface area contributed by atoms with E-state index < -0.39 is 0 Å². The SMILES string of the molecule is COc1ccc2c(-c3ccccc3)c(C(=O)N(C)CCN3CCCC3)oc2c1. The molecule has 28 heavy (non-hydrogen) atoms. The van der Waals surface area contributed by atoms with Crippen LogP contribution in [0.25, 0.3) is 22.1 Å². The van der Waals surface area contributed by atoms with Gasteiger partial charge in [0.1, 0.15) is 11.3 Å². The molecular weight excluding hydrogens is 352 g/mol. The third-order valence-corrected chi connectivity index (χ3v) is 5.45. The van der Waals surface area contributed by atoms with Crippen LogP contribution in [0.5, 0.6) is 5.75 Å². The summed E-state index contributed by atoms with van der Waals surface area (Å²) in [7, 11) is 3.47. The van der Waals surface area contributed by atoms with E-state index in [1.165, 1.54) is 12.8 Å². The van der Waals surface area contributed by atoms with Crippen molar-refractivity contribution >= 4 is 16.9 Å². The number of likely N-dealkylation sites (tertiary alicyclic amines) is 1. The predicted molar refractivity (Wildman–Crippen MR) is 111 cm³/mol. The van der Waals surface area contributed by atoms with E-state index in [-0.39, 0.29) is 5.91 Å². The topological polar surface area (TPSA) is 45.9 Å². The molecule has 0 bridgehead atoms. The Morgan fingerprint density at radius 2 is 1.89 bits per heavy atom. The van der Waals surface area contributed by atoms with Crippen molar-refractivity contribution in [2.75, 3.05) is 40.3 Å². The van der Waals surface area contributed by atoms with Gasteiger partial charge in [0.15, 0.2) is 0 Å². The first-order chi connectivity index (χ1) is 13.7. The maximum absolute atomic E-state index is 13.3. The van der Waals surface area contributed by atoms with E-state index in [0.717, 1.165) is 36.1 Å². The number of benzene rings is 2. The summed E-state index contributed by atoms with van der Waals surface area (Å²) < 4.78 is 11.4. The number of hydrogen-bond donors (Lipinski definition) is 0. The number of hydrogen-bond acceptors (Lipinski definition) is 4. The first kappa shape index (κ1) is 18.6. The lowest BCUT2D eigenvalue weighted by Gasteiger charge is -2.21. The molecule has 0 atom stereocenters. The maximum atomic E-state index is 13.3. The summed E-state index contributed by atoms with van der Waals surface area (Å²) in [5, 5.41) is 0.920. The van der Waals surface area contributed by atoms with Crippen molar-refractivity contribution in [3.05, 3.63) is 54.3 Å². The van der Waals surface area contributed by atoms with Crippen LogP contribution in [0.3, 0.4) is 0 Å². The molecule has 1 saturated heterocycles. The predicted octanol–water partition coefficient (Wildman–Crippen LogP) is 4.28. The summed E-state index contributed by atoms with van der Waals surface area (Å²) in [4.78, 5) is 17.4. The molecule has 1 aromatic heterocycles. The van der Waals surface area contributed by atoms with Crippen LogP contribution >= 0.6 is 0 Å². The van der Waals surface area contributed by atoms with E-state index in [1.807, 2.05) is 55.6 Å². The van der Waals surface area contributed by atoms with Crippen molar-refractivity contribution in [3.8, 4) is 16.9 Å². The largest absolute Gasteiger partial charge is 0.497 e. The van der Waals surface area contributed by atoms with E-state index in [2.05, 4.69) is 4.90 Å². The Morgan fingerprint density at radius 3 is 2.61 bits per heavy atom. The van der Waals surface area contributed by atoms with Gasteiger partial charge in [-0.3, -0.25) is 4.79 Å². The number of carbonyl (C=O) groups is 1. The fraction of sp³-hybridized carbons (Fsp3) is 0.348. The molecule has 1 fully saturated rings. The van der Waals surface area contributed by atoms with Crippen LogP contribution in [-0.4, -0.2) is 56.0 Å². The Morgan fingerprint density at radius 1 is 1.14 bits per heavy atom. The lowest BCUT2D eigenvalue weighted by atomic mass is 10.0. The molecule has 1 amide bonds. The third kappa shape index (κ3) is 3.62. The number of ether oxygens (including phenoxy) is 1. The molecule has 0 radical (unpaired) electrons. The average Bonchev–Trinajstić information content (AvgIpc) is 3.39. The average molecular weight is 378 g/mol. The molecule has 0 aliphatic carbocycles. The zero-order chi connectivity index (χ0) is 19.5. The molecule has 1 aliphatic rings. The molecule has 0 N–H and O–H groups in total. The summed E-state index contributed by atoms with van der Waals surface area (Å²) in [6.45, 7) is 3.84. The van der Waals surface area contributed by atoms with Gasteiger partial charge in [-0.15, -0.1) is 0 Å². The van der Waals surface area contributed by atoms with Gasteiger partial charge in [-0.1, -0.05) is 30.3 Å². The van der Waals surface area contributed by atoms with Gasteiger partial charge in [-0.25, -0.2) is 0 Å². The standard InChI is InChI=1S/C23H26N2O3/c1-24(14-15-25-12-6-7-13-25)23(26)22-21(17-8-4-3-5-9-17)19-11-10-18(27-2)16-20(19)28-22/h3-5,8-11,16H,6-7,12-15H2,1-2H3. The van der Waals surface area contributed by atoms with E-state index in [1.54, 1.807) is 12.0 Å². The number of carbonyl (C=O) groups excluding carboxylic acids is 1. The Balaban J connectivity index is 1.69.